The second kappa shape index (κ2) is 5.19. The minimum Gasteiger partial charge on any atom is -0.0654 e. The summed E-state index contributed by atoms with van der Waals surface area (Å²) >= 11 is 0. The molecule has 0 aromatic rings. The van der Waals surface area contributed by atoms with Crippen LogP contribution >= 0.6 is 0 Å². The standard InChI is InChI=1S/C14H28/c1-6-7-8-10(2)12(4)14-9-11(3)13(14)5/h10-14H,6-9H2,1-5H3. The molecule has 1 saturated carbocycles. The minimum absolute atomic E-state index is 0.940. The van der Waals surface area contributed by atoms with Gasteiger partial charge in [-0.25, -0.2) is 0 Å². The van der Waals surface area contributed by atoms with Crippen molar-refractivity contribution in [2.45, 2.75) is 60.3 Å². The van der Waals surface area contributed by atoms with Gasteiger partial charge in [0.05, 0.1) is 0 Å². The smallest absolute Gasteiger partial charge is 0.0355 e. The van der Waals surface area contributed by atoms with Crippen molar-refractivity contribution in [1.82, 2.24) is 0 Å². The highest BCUT2D eigenvalue weighted by molar-refractivity contribution is 4.88. The normalized spacial score (nSPS) is 36.2. The first-order chi connectivity index (χ1) is 6.57. The van der Waals surface area contributed by atoms with Gasteiger partial charge in [-0.05, 0) is 36.0 Å². The molecule has 1 fully saturated rings. The Morgan fingerprint density at radius 1 is 1.21 bits per heavy atom. The Balaban J connectivity index is 2.30. The molecule has 1 aliphatic rings. The highest BCUT2D eigenvalue weighted by Crippen LogP contribution is 2.46. The van der Waals surface area contributed by atoms with Gasteiger partial charge in [0, 0.05) is 0 Å². The van der Waals surface area contributed by atoms with Crippen LogP contribution < -0.4 is 0 Å². The zero-order valence-electron chi connectivity index (χ0n) is 10.7. The second-order valence-electron chi connectivity index (χ2n) is 5.71. The molecule has 14 heavy (non-hydrogen) atoms. The first-order valence-electron chi connectivity index (χ1n) is 6.57. The maximum absolute atomic E-state index is 2.48. The molecule has 5 atom stereocenters. The molecule has 0 nitrogen and oxygen atoms in total. The number of hydrogen-bond donors (Lipinski definition) is 0. The quantitative estimate of drug-likeness (QED) is 0.595. The monoisotopic (exact) mass is 196 g/mol. The Morgan fingerprint density at radius 3 is 2.29 bits per heavy atom. The van der Waals surface area contributed by atoms with Gasteiger partial charge in [0.15, 0.2) is 0 Å². The van der Waals surface area contributed by atoms with Crippen LogP contribution in [-0.4, -0.2) is 0 Å². The SMILES string of the molecule is CCCCC(C)C(C)C1CC(C)C1C. The fourth-order valence-corrected chi connectivity index (χ4v) is 2.99. The third-order valence-corrected chi connectivity index (χ3v) is 4.80. The molecule has 5 unspecified atom stereocenters. The maximum atomic E-state index is 2.48. The summed E-state index contributed by atoms with van der Waals surface area (Å²) in [5.74, 6) is 4.88. The molecule has 0 heteroatoms. The Morgan fingerprint density at radius 2 is 1.86 bits per heavy atom. The van der Waals surface area contributed by atoms with Gasteiger partial charge in [-0.15, -0.1) is 0 Å². The molecule has 0 N–H and O–H groups in total. The van der Waals surface area contributed by atoms with E-state index in [1.165, 1.54) is 25.7 Å². The van der Waals surface area contributed by atoms with Crippen molar-refractivity contribution in [3.05, 3.63) is 0 Å². The minimum atomic E-state index is 0.940. The largest absolute Gasteiger partial charge is 0.0654 e. The van der Waals surface area contributed by atoms with Gasteiger partial charge in [-0.3, -0.25) is 0 Å². The molecule has 0 aromatic carbocycles. The van der Waals surface area contributed by atoms with E-state index in [2.05, 4.69) is 34.6 Å². The third-order valence-electron chi connectivity index (χ3n) is 4.80. The topological polar surface area (TPSA) is 0 Å². The highest BCUT2D eigenvalue weighted by atomic mass is 14.4. The van der Waals surface area contributed by atoms with E-state index < -0.39 is 0 Å². The molecule has 0 heterocycles. The van der Waals surface area contributed by atoms with E-state index in [1.807, 2.05) is 0 Å². The van der Waals surface area contributed by atoms with Crippen LogP contribution in [0.3, 0.4) is 0 Å². The molecule has 0 bridgehead atoms. The average Bonchev–Trinajstić information content (AvgIpc) is 2.20. The molecular formula is C14H28. The molecule has 0 saturated heterocycles. The van der Waals surface area contributed by atoms with Crippen molar-refractivity contribution in [1.29, 1.82) is 0 Å². The summed E-state index contributed by atoms with van der Waals surface area (Å²) in [7, 11) is 0. The molecule has 0 radical (unpaired) electrons. The first kappa shape index (κ1) is 12.1. The van der Waals surface area contributed by atoms with Gasteiger partial charge in [0.1, 0.15) is 0 Å². The maximum Gasteiger partial charge on any atom is -0.0355 e. The van der Waals surface area contributed by atoms with E-state index in [-0.39, 0.29) is 0 Å². The van der Waals surface area contributed by atoms with E-state index in [4.69, 9.17) is 0 Å². The van der Waals surface area contributed by atoms with Crippen LogP contribution in [-0.2, 0) is 0 Å². The van der Waals surface area contributed by atoms with Crippen LogP contribution in [0.15, 0.2) is 0 Å². The Labute approximate surface area is 90.5 Å². The molecule has 0 amide bonds. The van der Waals surface area contributed by atoms with Gasteiger partial charge < -0.3 is 0 Å². The summed E-state index contributed by atoms with van der Waals surface area (Å²) < 4.78 is 0. The number of unbranched alkanes of at least 4 members (excludes halogenated alkanes) is 1. The third kappa shape index (κ3) is 2.52. The van der Waals surface area contributed by atoms with Gasteiger partial charge >= 0.3 is 0 Å². The fraction of sp³-hybridized carbons (Fsp3) is 1.00. The zero-order valence-corrected chi connectivity index (χ0v) is 10.7. The van der Waals surface area contributed by atoms with Gasteiger partial charge in [-0.1, -0.05) is 53.9 Å². The van der Waals surface area contributed by atoms with Crippen LogP contribution in [0.4, 0.5) is 0 Å². The molecular weight excluding hydrogens is 168 g/mol. The molecule has 0 spiro atoms. The van der Waals surface area contributed by atoms with Crippen molar-refractivity contribution in [3.8, 4) is 0 Å². The number of hydrogen-bond acceptors (Lipinski definition) is 0. The van der Waals surface area contributed by atoms with Crippen molar-refractivity contribution in [3.63, 3.8) is 0 Å². The van der Waals surface area contributed by atoms with E-state index >= 15 is 0 Å². The van der Waals surface area contributed by atoms with Crippen LogP contribution in [0.1, 0.15) is 60.3 Å². The van der Waals surface area contributed by atoms with Gasteiger partial charge in [-0.2, -0.15) is 0 Å². The highest BCUT2D eigenvalue weighted by Gasteiger charge is 2.38. The summed E-state index contributed by atoms with van der Waals surface area (Å²) in [6.07, 6.45) is 5.70. The Bertz CT molecular complexity index is 161. The lowest BCUT2D eigenvalue weighted by atomic mass is 9.59. The lowest BCUT2D eigenvalue weighted by Crippen LogP contribution is -2.39. The Hall–Kier alpha value is 0. The fourth-order valence-electron chi connectivity index (χ4n) is 2.99. The van der Waals surface area contributed by atoms with Crippen molar-refractivity contribution >= 4 is 0 Å². The summed E-state index contributed by atoms with van der Waals surface area (Å²) in [6, 6.07) is 0. The predicted octanol–water partition coefficient (Wildman–Crippen LogP) is 4.74. The van der Waals surface area contributed by atoms with Gasteiger partial charge in [0.25, 0.3) is 0 Å². The molecule has 1 aliphatic carbocycles. The summed E-state index contributed by atoms with van der Waals surface area (Å²) in [5, 5.41) is 0. The van der Waals surface area contributed by atoms with Crippen molar-refractivity contribution < 1.29 is 0 Å². The molecule has 0 aromatic heterocycles. The zero-order chi connectivity index (χ0) is 10.7. The lowest BCUT2D eigenvalue weighted by molar-refractivity contribution is 0.0307. The molecule has 0 aliphatic heterocycles. The predicted molar refractivity (Wildman–Crippen MR) is 64.3 cm³/mol. The lowest BCUT2D eigenvalue weighted by Gasteiger charge is -2.46. The molecule has 84 valence electrons. The Kier molecular flexibility index (Phi) is 4.47. The summed E-state index contributed by atoms with van der Waals surface area (Å²) in [6.45, 7) is 12.1. The number of rotatable bonds is 5. The van der Waals surface area contributed by atoms with E-state index in [1.54, 1.807) is 0 Å². The van der Waals surface area contributed by atoms with Crippen LogP contribution in [0.25, 0.3) is 0 Å². The van der Waals surface area contributed by atoms with Crippen LogP contribution in [0.5, 0.6) is 0 Å². The van der Waals surface area contributed by atoms with Crippen LogP contribution in [0, 0.1) is 29.6 Å². The summed E-state index contributed by atoms with van der Waals surface area (Å²) in [4.78, 5) is 0. The van der Waals surface area contributed by atoms with Gasteiger partial charge in [0.2, 0.25) is 0 Å². The van der Waals surface area contributed by atoms with Crippen molar-refractivity contribution in [2.24, 2.45) is 29.6 Å². The second-order valence-corrected chi connectivity index (χ2v) is 5.71. The summed E-state index contributed by atoms with van der Waals surface area (Å²) in [5.41, 5.74) is 0. The van der Waals surface area contributed by atoms with Crippen molar-refractivity contribution in [2.75, 3.05) is 0 Å². The van der Waals surface area contributed by atoms with E-state index in [0.29, 0.717) is 0 Å². The first-order valence-corrected chi connectivity index (χ1v) is 6.57. The van der Waals surface area contributed by atoms with E-state index in [0.717, 1.165) is 29.6 Å². The van der Waals surface area contributed by atoms with Crippen LogP contribution in [0.2, 0.25) is 0 Å². The van der Waals surface area contributed by atoms with E-state index in [9.17, 15) is 0 Å². The molecule has 1 rings (SSSR count). The average molecular weight is 196 g/mol.